The smallest absolute Gasteiger partial charge is 0.0107 e. The van der Waals surface area contributed by atoms with Crippen LogP contribution in [0.1, 0.15) is 39.0 Å². The Balaban J connectivity index is 2.28. The van der Waals surface area contributed by atoms with Crippen molar-refractivity contribution >= 4 is 0 Å². The molecule has 2 nitrogen and oxygen atoms in total. The summed E-state index contributed by atoms with van der Waals surface area (Å²) in [5.74, 6) is 0. The van der Waals surface area contributed by atoms with E-state index in [-0.39, 0.29) is 0 Å². The molecule has 2 unspecified atom stereocenters. The van der Waals surface area contributed by atoms with Crippen LogP contribution >= 0.6 is 0 Å². The summed E-state index contributed by atoms with van der Waals surface area (Å²) in [7, 11) is 2.23. The third-order valence-corrected chi connectivity index (χ3v) is 3.02. The van der Waals surface area contributed by atoms with Crippen LogP contribution in [0.25, 0.3) is 0 Å². The molecule has 1 aliphatic rings. The molecule has 1 heterocycles. The Morgan fingerprint density at radius 3 is 2.83 bits per heavy atom. The molecule has 1 aliphatic heterocycles. The lowest BCUT2D eigenvalue weighted by Crippen LogP contribution is -2.40. The average Bonchev–Trinajstić information content (AvgIpc) is 2.09. The topological polar surface area (TPSA) is 29.3 Å². The predicted octanol–water partition coefficient (Wildman–Crippen LogP) is 1.60. The van der Waals surface area contributed by atoms with Crippen LogP contribution < -0.4 is 5.73 Å². The van der Waals surface area contributed by atoms with Crippen LogP contribution in [0.2, 0.25) is 0 Å². The molecule has 0 aromatic rings. The van der Waals surface area contributed by atoms with Gasteiger partial charge < -0.3 is 10.6 Å². The summed E-state index contributed by atoms with van der Waals surface area (Å²) in [6, 6.07) is 1.17. The fraction of sp³-hybridized carbons (Fsp3) is 1.00. The van der Waals surface area contributed by atoms with E-state index in [4.69, 9.17) is 5.73 Å². The first kappa shape index (κ1) is 10.0. The van der Waals surface area contributed by atoms with Crippen molar-refractivity contribution in [3.63, 3.8) is 0 Å². The van der Waals surface area contributed by atoms with Gasteiger partial charge in [0.2, 0.25) is 0 Å². The normalized spacial score (nSPS) is 28.8. The van der Waals surface area contributed by atoms with Crippen molar-refractivity contribution in [3.8, 4) is 0 Å². The number of hydrogen-bond acceptors (Lipinski definition) is 2. The molecule has 0 radical (unpaired) electrons. The first-order chi connectivity index (χ1) is 5.74. The summed E-state index contributed by atoms with van der Waals surface area (Å²) >= 11 is 0. The maximum Gasteiger partial charge on any atom is 0.0107 e. The summed E-state index contributed by atoms with van der Waals surface area (Å²) in [5, 5.41) is 0. The quantitative estimate of drug-likeness (QED) is 0.697. The van der Waals surface area contributed by atoms with Crippen molar-refractivity contribution in [2.24, 2.45) is 5.73 Å². The third-order valence-electron chi connectivity index (χ3n) is 3.02. The van der Waals surface area contributed by atoms with E-state index in [2.05, 4.69) is 18.9 Å². The number of nitrogens with zero attached hydrogens (tertiary/aromatic N) is 1. The number of rotatable bonds is 3. The summed E-state index contributed by atoms with van der Waals surface area (Å²) in [6.07, 6.45) is 6.42. The van der Waals surface area contributed by atoms with Gasteiger partial charge in [-0.3, -0.25) is 0 Å². The van der Waals surface area contributed by atoms with Crippen molar-refractivity contribution in [1.82, 2.24) is 4.90 Å². The van der Waals surface area contributed by atoms with Gasteiger partial charge in [-0.05, 0) is 39.3 Å². The fourth-order valence-electron chi connectivity index (χ4n) is 1.96. The highest BCUT2D eigenvalue weighted by Crippen LogP contribution is 2.19. The van der Waals surface area contributed by atoms with Gasteiger partial charge >= 0.3 is 0 Å². The maximum absolute atomic E-state index is 5.94. The van der Waals surface area contributed by atoms with Gasteiger partial charge in [-0.1, -0.05) is 13.3 Å². The zero-order valence-electron chi connectivity index (χ0n) is 8.42. The summed E-state index contributed by atoms with van der Waals surface area (Å²) in [5.41, 5.74) is 5.94. The Morgan fingerprint density at radius 1 is 1.50 bits per heavy atom. The second-order valence-corrected chi connectivity index (χ2v) is 4.03. The molecule has 0 aliphatic carbocycles. The lowest BCUT2D eigenvalue weighted by molar-refractivity contribution is 0.168. The Kier molecular flexibility index (Phi) is 4.02. The fourth-order valence-corrected chi connectivity index (χ4v) is 1.96. The van der Waals surface area contributed by atoms with E-state index in [1.54, 1.807) is 0 Å². The number of nitrogens with two attached hydrogens (primary N) is 1. The van der Waals surface area contributed by atoms with Gasteiger partial charge in [-0.2, -0.15) is 0 Å². The molecule has 2 N–H and O–H groups in total. The number of likely N-dealkylation sites (tertiary alicyclic amines) is 1. The van der Waals surface area contributed by atoms with E-state index >= 15 is 0 Å². The van der Waals surface area contributed by atoms with Crippen LogP contribution in [0.4, 0.5) is 0 Å². The monoisotopic (exact) mass is 170 g/mol. The van der Waals surface area contributed by atoms with Crippen LogP contribution in [0.15, 0.2) is 0 Å². The first-order valence-corrected chi connectivity index (χ1v) is 5.20. The molecule has 0 aromatic carbocycles. The molecule has 0 spiro atoms. The third kappa shape index (κ3) is 2.76. The minimum absolute atomic E-state index is 0.413. The molecule has 0 amide bonds. The van der Waals surface area contributed by atoms with E-state index < -0.39 is 0 Å². The van der Waals surface area contributed by atoms with E-state index in [1.165, 1.54) is 32.2 Å². The second kappa shape index (κ2) is 4.83. The second-order valence-electron chi connectivity index (χ2n) is 4.03. The molecular formula is C10H22N2. The molecule has 72 valence electrons. The number of hydrogen-bond donors (Lipinski definition) is 1. The van der Waals surface area contributed by atoms with Gasteiger partial charge in [0.25, 0.3) is 0 Å². The lowest BCUT2D eigenvalue weighted by atomic mass is 9.96. The van der Waals surface area contributed by atoms with Gasteiger partial charge in [0, 0.05) is 12.1 Å². The van der Waals surface area contributed by atoms with E-state index in [9.17, 15) is 0 Å². The van der Waals surface area contributed by atoms with Crippen LogP contribution in [0.5, 0.6) is 0 Å². The Bertz CT molecular complexity index is 125. The summed E-state index contributed by atoms with van der Waals surface area (Å²) in [4.78, 5) is 2.47. The Morgan fingerprint density at radius 2 is 2.25 bits per heavy atom. The van der Waals surface area contributed by atoms with Crippen molar-refractivity contribution in [2.45, 2.75) is 51.1 Å². The highest BCUT2D eigenvalue weighted by molar-refractivity contribution is 4.77. The zero-order chi connectivity index (χ0) is 8.97. The highest BCUT2D eigenvalue weighted by atomic mass is 15.1. The largest absolute Gasteiger partial charge is 0.328 e. The molecule has 1 saturated heterocycles. The van der Waals surface area contributed by atoms with Gasteiger partial charge in [0.05, 0.1) is 0 Å². The van der Waals surface area contributed by atoms with Crippen LogP contribution in [0.3, 0.4) is 0 Å². The van der Waals surface area contributed by atoms with Crippen molar-refractivity contribution in [1.29, 1.82) is 0 Å². The van der Waals surface area contributed by atoms with Crippen molar-refractivity contribution in [3.05, 3.63) is 0 Å². The van der Waals surface area contributed by atoms with Gasteiger partial charge in [0.15, 0.2) is 0 Å². The molecule has 1 fully saturated rings. The minimum Gasteiger partial charge on any atom is -0.328 e. The van der Waals surface area contributed by atoms with Crippen molar-refractivity contribution < 1.29 is 0 Å². The Labute approximate surface area is 76.1 Å². The lowest BCUT2D eigenvalue weighted by Gasteiger charge is -2.33. The highest BCUT2D eigenvalue weighted by Gasteiger charge is 2.20. The molecular weight excluding hydrogens is 148 g/mol. The molecule has 0 bridgehead atoms. The first-order valence-electron chi connectivity index (χ1n) is 5.20. The molecule has 1 rings (SSSR count). The average molecular weight is 170 g/mol. The molecule has 2 atom stereocenters. The van der Waals surface area contributed by atoms with Crippen LogP contribution in [-0.4, -0.2) is 30.6 Å². The summed E-state index contributed by atoms with van der Waals surface area (Å²) < 4.78 is 0. The van der Waals surface area contributed by atoms with Gasteiger partial charge in [-0.25, -0.2) is 0 Å². The van der Waals surface area contributed by atoms with E-state index in [0.717, 1.165) is 12.5 Å². The molecule has 0 aromatic heterocycles. The minimum atomic E-state index is 0.413. The van der Waals surface area contributed by atoms with Crippen molar-refractivity contribution in [2.75, 3.05) is 13.6 Å². The molecule has 0 saturated carbocycles. The Hall–Kier alpha value is -0.0800. The summed E-state index contributed by atoms with van der Waals surface area (Å²) in [6.45, 7) is 3.44. The predicted molar refractivity (Wildman–Crippen MR) is 53.2 cm³/mol. The zero-order valence-corrected chi connectivity index (χ0v) is 8.42. The molecule has 12 heavy (non-hydrogen) atoms. The molecule has 2 heteroatoms. The number of piperidine rings is 1. The SMILES string of the molecule is CCC(N)CC1CCCCN1C. The van der Waals surface area contributed by atoms with Gasteiger partial charge in [-0.15, -0.1) is 0 Å². The maximum atomic E-state index is 5.94. The van der Waals surface area contributed by atoms with Gasteiger partial charge in [0.1, 0.15) is 0 Å². The van der Waals surface area contributed by atoms with E-state index in [1.807, 2.05) is 0 Å². The standard InChI is InChI=1S/C10H22N2/c1-3-9(11)8-10-6-4-5-7-12(10)2/h9-10H,3-8,11H2,1-2H3. The van der Waals surface area contributed by atoms with Crippen LogP contribution in [0, 0.1) is 0 Å². The van der Waals surface area contributed by atoms with Crippen LogP contribution in [-0.2, 0) is 0 Å². The van der Waals surface area contributed by atoms with E-state index in [0.29, 0.717) is 6.04 Å².